The first-order chi connectivity index (χ1) is 7.23. The van der Waals surface area contributed by atoms with Crippen molar-refractivity contribution < 1.29 is 9.84 Å². The minimum Gasteiger partial charge on any atom is -0.389 e. The zero-order valence-corrected chi connectivity index (χ0v) is 11.2. The van der Waals surface area contributed by atoms with Crippen molar-refractivity contribution in [3.8, 4) is 0 Å². The van der Waals surface area contributed by atoms with Crippen molar-refractivity contribution >= 4 is 0 Å². The Hall–Kier alpha value is -0.160. The van der Waals surface area contributed by atoms with Gasteiger partial charge in [-0.15, -0.1) is 0 Å². The van der Waals surface area contributed by atoms with Gasteiger partial charge in [-0.05, 0) is 11.3 Å². The van der Waals surface area contributed by atoms with Crippen LogP contribution < -0.4 is 11.5 Å². The van der Waals surface area contributed by atoms with Gasteiger partial charge in [0, 0.05) is 13.1 Å². The number of aliphatic hydroxyl groups excluding tert-OH is 1. The Bertz CT molecular complexity index is 190. The van der Waals surface area contributed by atoms with Gasteiger partial charge in [0.1, 0.15) is 0 Å². The van der Waals surface area contributed by atoms with E-state index in [-0.39, 0.29) is 30.1 Å². The molecule has 3 unspecified atom stereocenters. The number of aliphatic hydroxyl groups is 1. The molecular formula is C12H28N2O2. The fourth-order valence-electron chi connectivity index (χ4n) is 1.63. The first-order valence-electron chi connectivity index (χ1n) is 5.97. The highest BCUT2D eigenvalue weighted by Crippen LogP contribution is 2.25. The average Bonchev–Trinajstić information content (AvgIpc) is 2.15. The number of rotatable bonds is 6. The van der Waals surface area contributed by atoms with Crippen LogP contribution in [0.4, 0.5) is 0 Å². The summed E-state index contributed by atoms with van der Waals surface area (Å²) >= 11 is 0. The summed E-state index contributed by atoms with van der Waals surface area (Å²) in [5.41, 5.74) is 11.2. The average molecular weight is 232 g/mol. The van der Waals surface area contributed by atoms with Gasteiger partial charge in [0.05, 0.1) is 18.3 Å². The molecule has 0 saturated carbocycles. The summed E-state index contributed by atoms with van der Waals surface area (Å²) in [6.07, 6.45) is -0.949. The molecule has 0 bridgehead atoms. The van der Waals surface area contributed by atoms with Gasteiger partial charge < -0.3 is 21.3 Å². The van der Waals surface area contributed by atoms with Crippen LogP contribution >= 0.6 is 0 Å². The molecule has 0 aromatic carbocycles. The van der Waals surface area contributed by atoms with E-state index in [0.29, 0.717) is 6.54 Å². The molecule has 0 radical (unpaired) electrons. The van der Waals surface area contributed by atoms with Crippen LogP contribution in [-0.2, 0) is 4.74 Å². The normalized spacial score (nSPS) is 18.6. The monoisotopic (exact) mass is 232 g/mol. The van der Waals surface area contributed by atoms with Gasteiger partial charge >= 0.3 is 0 Å². The van der Waals surface area contributed by atoms with Gasteiger partial charge in [0.15, 0.2) is 0 Å². The topological polar surface area (TPSA) is 81.5 Å². The minimum absolute atomic E-state index is 0.0315. The van der Waals surface area contributed by atoms with Gasteiger partial charge in [0.2, 0.25) is 0 Å². The summed E-state index contributed by atoms with van der Waals surface area (Å²) in [5, 5.41) is 9.81. The highest BCUT2D eigenvalue weighted by Gasteiger charge is 2.31. The van der Waals surface area contributed by atoms with E-state index >= 15 is 0 Å². The van der Waals surface area contributed by atoms with E-state index in [4.69, 9.17) is 16.2 Å². The first kappa shape index (κ1) is 15.8. The quantitative estimate of drug-likeness (QED) is 0.630. The Morgan fingerprint density at radius 1 is 1.12 bits per heavy atom. The SMILES string of the molecule is CC(C)C(OC(CN)C(C)(C)C)C(O)CN. The van der Waals surface area contributed by atoms with E-state index in [1.807, 2.05) is 13.8 Å². The molecule has 5 N–H and O–H groups in total. The summed E-state index contributed by atoms with van der Waals surface area (Å²) in [7, 11) is 0. The minimum atomic E-state index is -0.628. The summed E-state index contributed by atoms with van der Waals surface area (Å²) < 4.78 is 5.92. The van der Waals surface area contributed by atoms with Crippen molar-refractivity contribution in [2.75, 3.05) is 13.1 Å². The van der Waals surface area contributed by atoms with Crippen LogP contribution in [0.1, 0.15) is 34.6 Å². The van der Waals surface area contributed by atoms with E-state index in [0.717, 1.165) is 0 Å². The fourth-order valence-corrected chi connectivity index (χ4v) is 1.63. The van der Waals surface area contributed by atoms with Crippen molar-refractivity contribution in [3.05, 3.63) is 0 Å². The van der Waals surface area contributed by atoms with Crippen molar-refractivity contribution in [2.24, 2.45) is 22.8 Å². The Kier molecular flexibility index (Phi) is 6.48. The Balaban J connectivity index is 4.60. The van der Waals surface area contributed by atoms with E-state index in [1.165, 1.54) is 0 Å². The Morgan fingerprint density at radius 2 is 1.62 bits per heavy atom. The van der Waals surface area contributed by atoms with Gasteiger partial charge in [0.25, 0.3) is 0 Å². The molecule has 0 aromatic heterocycles. The van der Waals surface area contributed by atoms with Crippen LogP contribution in [0.2, 0.25) is 0 Å². The highest BCUT2D eigenvalue weighted by molar-refractivity contribution is 4.81. The van der Waals surface area contributed by atoms with Gasteiger partial charge in [-0.2, -0.15) is 0 Å². The maximum Gasteiger partial charge on any atom is 0.0926 e. The Morgan fingerprint density at radius 3 is 1.88 bits per heavy atom. The summed E-state index contributed by atoms with van der Waals surface area (Å²) in [6.45, 7) is 10.9. The lowest BCUT2D eigenvalue weighted by molar-refractivity contribution is -0.122. The molecular weight excluding hydrogens is 204 g/mol. The van der Waals surface area contributed by atoms with E-state index in [2.05, 4.69) is 20.8 Å². The molecule has 0 saturated heterocycles. The van der Waals surface area contributed by atoms with Gasteiger partial charge in [-0.25, -0.2) is 0 Å². The molecule has 0 fully saturated rings. The second-order valence-corrected chi connectivity index (χ2v) is 5.74. The molecule has 0 heterocycles. The van der Waals surface area contributed by atoms with Crippen LogP contribution in [0.5, 0.6) is 0 Å². The molecule has 0 aromatic rings. The lowest BCUT2D eigenvalue weighted by Crippen LogP contribution is -2.46. The molecule has 0 aliphatic carbocycles. The van der Waals surface area contributed by atoms with E-state index < -0.39 is 6.10 Å². The number of nitrogens with two attached hydrogens (primary N) is 2. The van der Waals surface area contributed by atoms with Gasteiger partial charge in [-0.3, -0.25) is 0 Å². The van der Waals surface area contributed by atoms with Crippen LogP contribution in [0.3, 0.4) is 0 Å². The first-order valence-corrected chi connectivity index (χ1v) is 5.97. The number of ether oxygens (including phenoxy) is 1. The molecule has 4 nitrogen and oxygen atoms in total. The number of hydrogen-bond donors (Lipinski definition) is 3. The molecule has 0 amide bonds. The summed E-state index contributed by atoms with van der Waals surface area (Å²) in [6, 6.07) is 0. The van der Waals surface area contributed by atoms with Crippen molar-refractivity contribution in [1.82, 2.24) is 0 Å². The van der Waals surface area contributed by atoms with Crippen LogP contribution in [0, 0.1) is 11.3 Å². The second-order valence-electron chi connectivity index (χ2n) is 5.74. The smallest absolute Gasteiger partial charge is 0.0926 e. The molecule has 0 rings (SSSR count). The molecule has 3 atom stereocenters. The lowest BCUT2D eigenvalue weighted by atomic mass is 9.88. The van der Waals surface area contributed by atoms with Crippen molar-refractivity contribution in [1.29, 1.82) is 0 Å². The van der Waals surface area contributed by atoms with Crippen LogP contribution in [0.25, 0.3) is 0 Å². The maximum atomic E-state index is 9.81. The van der Waals surface area contributed by atoms with Crippen molar-refractivity contribution in [3.63, 3.8) is 0 Å². The fraction of sp³-hybridized carbons (Fsp3) is 1.00. The third kappa shape index (κ3) is 4.78. The standard InChI is InChI=1S/C12H28N2O2/c1-8(2)11(9(15)6-13)16-10(7-14)12(3,4)5/h8-11,15H,6-7,13-14H2,1-5H3. The predicted molar refractivity (Wildman–Crippen MR) is 67.1 cm³/mol. The van der Waals surface area contributed by atoms with Crippen LogP contribution in [-0.4, -0.2) is 36.5 Å². The predicted octanol–water partition coefficient (Wildman–Crippen LogP) is 0.721. The third-order valence-electron chi connectivity index (χ3n) is 2.78. The van der Waals surface area contributed by atoms with E-state index in [9.17, 15) is 5.11 Å². The zero-order chi connectivity index (χ0) is 12.9. The molecule has 0 aliphatic heterocycles. The molecule has 4 heteroatoms. The zero-order valence-electron chi connectivity index (χ0n) is 11.2. The lowest BCUT2D eigenvalue weighted by Gasteiger charge is -2.36. The third-order valence-corrected chi connectivity index (χ3v) is 2.78. The Labute approximate surface area is 99.3 Å². The molecule has 0 aliphatic rings. The summed E-state index contributed by atoms with van der Waals surface area (Å²) in [5.74, 6) is 0.218. The molecule has 0 spiro atoms. The van der Waals surface area contributed by atoms with Gasteiger partial charge in [-0.1, -0.05) is 34.6 Å². The highest BCUT2D eigenvalue weighted by atomic mass is 16.5. The number of hydrogen-bond acceptors (Lipinski definition) is 4. The molecule has 98 valence electrons. The molecule has 16 heavy (non-hydrogen) atoms. The maximum absolute atomic E-state index is 9.81. The van der Waals surface area contributed by atoms with E-state index in [1.54, 1.807) is 0 Å². The van der Waals surface area contributed by atoms with Crippen LogP contribution in [0.15, 0.2) is 0 Å². The second kappa shape index (κ2) is 6.55. The summed E-state index contributed by atoms with van der Waals surface area (Å²) in [4.78, 5) is 0. The largest absolute Gasteiger partial charge is 0.389 e. The van der Waals surface area contributed by atoms with Crippen molar-refractivity contribution in [2.45, 2.75) is 52.9 Å².